The van der Waals surface area contributed by atoms with Crippen LogP contribution in [0.4, 0.5) is 22.0 Å². The molecule has 2 saturated carbocycles. The van der Waals surface area contributed by atoms with Crippen LogP contribution in [-0.4, -0.2) is 38.6 Å². The number of aromatic nitrogens is 3. The standard InChI is InChI=1S/C18H19F5N4O/c1-9-6-12(11-4-5-17(19,20)7-11)26-27-13(8-24-15(9)27)16(28)25-14(10-2-3-10)18(21,22)23/h6,8,10-11,14H,2-5,7H2,1H3,(H,25,28). The molecule has 2 aromatic rings. The molecule has 1 amide bonds. The molecular weight excluding hydrogens is 383 g/mol. The van der Waals surface area contributed by atoms with Gasteiger partial charge >= 0.3 is 6.18 Å². The number of fused-ring (bicyclic) bond motifs is 1. The summed E-state index contributed by atoms with van der Waals surface area (Å²) in [5.41, 5.74) is 1.19. The Kier molecular flexibility index (Phi) is 4.35. The summed E-state index contributed by atoms with van der Waals surface area (Å²) in [4.78, 5) is 16.6. The second-order valence-corrected chi connectivity index (χ2v) is 7.76. The predicted octanol–water partition coefficient (Wildman–Crippen LogP) is 4.01. The Labute approximate surface area is 157 Å². The smallest absolute Gasteiger partial charge is 0.339 e. The molecule has 2 unspecified atom stereocenters. The lowest BCUT2D eigenvalue weighted by atomic mass is 10.0. The molecule has 2 atom stereocenters. The summed E-state index contributed by atoms with van der Waals surface area (Å²) in [5.74, 6) is -4.77. The second kappa shape index (κ2) is 6.38. The van der Waals surface area contributed by atoms with Crippen LogP contribution in [0.2, 0.25) is 0 Å². The van der Waals surface area contributed by atoms with E-state index in [1.807, 2.05) is 0 Å². The van der Waals surface area contributed by atoms with Crippen molar-refractivity contribution in [3.63, 3.8) is 0 Å². The Bertz CT molecular complexity index is 919. The van der Waals surface area contributed by atoms with Crippen LogP contribution >= 0.6 is 0 Å². The summed E-state index contributed by atoms with van der Waals surface area (Å²) in [6.07, 6.45) is -2.86. The SMILES string of the molecule is Cc1cc(C2CCC(F)(F)C2)nn2c(C(=O)NC(C3CC3)C(F)(F)F)cnc12. The van der Waals surface area contributed by atoms with Gasteiger partial charge in [0.1, 0.15) is 6.04 Å². The molecule has 10 heteroatoms. The summed E-state index contributed by atoms with van der Waals surface area (Å²) < 4.78 is 67.9. The van der Waals surface area contributed by atoms with Gasteiger partial charge in [0.15, 0.2) is 11.3 Å². The van der Waals surface area contributed by atoms with Gasteiger partial charge in [-0.15, -0.1) is 0 Å². The number of alkyl halides is 5. The Morgan fingerprint density at radius 3 is 2.61 bits per heavy atom. The zero-order valence-corrected chi connectivity index (χ0v) is 15.1. The fraction of sp³-hybridized carbons (Fsp3) is 0.611. The van der Waals surface area contributed by atoms with E-state index in [0.717, 1.165) is 10.7 Å². The Morgan fingerprint density at radius 2 is 2.04 bits per heavy atom. The first-order valence-corrected chi connectivity index (χ1v) is 9.16. The van der Waals surface area contributed by atoms with Crippen molar-refractivity contribution in [1.29, 1.82) is 0 Å². The van der Waals surface area contributed by atoms with E-state index >= 15 is 0 Å². The quantitative estimate of drug-likeness (QED) is 0.787. The summed E-state index contributed by atoms with van der Waals surface area (Å²) in [7, 11) is 0. The number of hydrogen-bond acceptors (Lipinski definition) is 3. The highest BCUT2D eigenvalue weighted by atomic mass is 19.4. The van der Waals surface area contributed by atoms with Gasteiger partial charge in [0.05, 0.1) is 11.9 Å². The maximum absolute atomic E-state index is 13.6. The van der Waals surface area contributed by atoms with E-state index in [1.54, 1.807) is 13.0 Å². The monoisotopic (exact) mass is 402 g/mol. The molecular formula is C18H19F5N4O. The molecule has 1 N–H and O–H groups in total. The van der Waals surface area contributed by atoms with Crippen molar-refractivity contribution in [2.24, 2.45) is 5.92 Å². The van der Waals surface area contributed by atoms with Crippen molar-refractivity contribution in [3.05, 3.63) is 29.2 Å². The van der Waals surface area contributed by atoms with E-state index in [9.17, 15) is 26.7 Å². The van der Waals surface area contributed by atoms with Gasteiger partial charge in [-0.05, 0) is 43.7 Å². The normalized spacial score (nSPS) is 23.1. The first kappa shape index (κ1) is 19.1. The van der Waals surface area contributed by atoms with E-state index < -0.39 is 35.9 Å². The minimum absolute atomic E-state index is 0.139. The zero-order valence-electron chi connectivity index (χ0n) is 15.1. The maximum Gasteiger partial charge on any atom is 0.408 e. The molecule has 28 heavy (non-hydrogen) atoms. The van der Waals surface area contributed by atoms with Gasteiger partial charge in [-0.25, -0.2) is 18.3 Å². The van der Waals surface area contributed by atoms with Gasteiger partial charge in [-0.1, -0.05) is 0 Å². The molecule has 4 rings (SSSR count). The molecule has 2 fully saturated rings. The van der Waals surface area contributed by atoms with Crippen LogP contribution in [0.3, 0.4) is 0 Å². The number of carbonyl (C=O) groups is 1. The number of nitrogens with zero attached hydrogens (tertiary/aromatic N) is 3. The molecule has 0 radical (unpaired) electrons. The largest absolute Gasteiger partial charge is 0.408 e. The molecule has 0 aromatic carbocycles. The number of aryl methyl sites for hydroxylation is 1. The van der Waals surface area contributed by atoms with Crippen molar-refractivity contribution >= 4 is 11.6 Å². The average Bonchev–Trinajstić information content (AvgIpc) is 3.21. The number of imidazole rings is 1. The first-order valence-electron chi connectivity index (χ1n) is 9.16. The van der Waals surface area contributed by atoms with E-state index in [2.05, 4.69) is 15.4 Å². The topological polar surface area (TPSA) is 59.3 Å². The van der Waals surface area contributed by atoms with Gasteiger partial charge < -0.3 is 5.32 Å². The molecule has 0 saturated heterocycles. The van der Waals surface area contributed by atoms with E-state index in [4.69, 9.17) is 0 Å². The van der Waals surface area contributed by atoms with Crippen LogP contribution in [0.15, 0.2) is 12.3 Å². The van der Waals surface area contributed by atoms with Crippen LogP contribution in [0.5, 0.6) is 0 Å². The van der Waals surface area contributed by atoms with Crippen LogP contribution in [0.1, 0.15) is 59.8 Å². The molecule has 2 heterocycles. The van der Waals surface area contributed by atoms with E-state index in [-0.39, 0.29) is 25.0 Å². The molecule has 0 aliphatic heterocycles. The number of hydrogen-bond donors (Lipinski definition) is 1. The molecule has 2 aliphatic rings. The molecule has 0 spiro atoms. The number of nitrogens with one attached hydrogen (secondary N) is 1. The second-order valence-electron chi connectivity index (χ2n) is 7.76. The minimum Gasteiger partial charge on any atom is -0.339 e. The first-order chi connectivity index (χ1) is 13.0. The summed E-state index contributed by atoms with van der Waals surface area (Å²) in [6.45, 7) is 1.70. The van der Waals surface area contributed by atoms with Gasteiger partial charge in [0.2, 0.25) is 5.92 Å². The lowest BCUT2D eigenvalue weighted by Crippen LogP contribution is -2.47. The Hall–Kier alpha value is -2.26. The number of halogens is 5. The van der Waals surface area contributed by atoms with Crippen LogP contribution < -0.4 is 5.32 Å². The Morgan fingerprint density at radius 1 is 1.32 bits per heavy atom. The summed E-state index contributed by atoms with van der Waals surface area (Å²) >= 11 is 0. The van der Waals surface area contributed by atoms with Crippen LogP contribution in [0, 0.1) is 12.8 Å². The highest BCUT2D eigenvalue weighted by molar-refractivity contribution is 5.93. The molecule has 2 aliphatic carbocycles. The molecule has 5 nitrogen and oxygen atoms in total. The third-order valence-electron chi connectivity index (χ3n) is 5.46. The van der Waals surface area contributed by atoms with Gasteiger partial charge in [-0.3, -0.25) is 4.79 Å². The highest BCUT2D eigenvalue weighted by Gasteiger charge is 2.50. The lowest BCUT2D eigenvalue weighted by Gasteiger charge is -2.21. The van der Waals surface area contributed by atoms with Crippen molar-refractivity contribution in [2.45, 2.75) is 63.1 Å². The third-order valence-corrected chi connectivity index (χ3v) is 5.46. The average molecular weight is 402 g/mol. The van der Waals surface area contributed by atoms with Gasteiger partial charge in [-0.2, -0.15) is 18.3 Å². The van der Waals surface area contributed by atoms with Crippen LogP contribution in [-0.2, 0) is 0 Å². The summed E-state index contributed by atoms with van der Waals surface area (Å²) in [6, 6.07) is -0.262. The number of carbonyl (C=O) groups excluding carboxylic acids is 1. The molecule has 0 bridgehead atoms. The predicted molar refractivity (Wildman–Crippen MR) is 89.3 cm³/mol. The molecule has 2 aromatic heterocycles. The highest BCUT2D eigenvalue weighted by Crippen LogP contribution is 2.44. The fourth-order valence-electron chi connectivity index (χ4n) is 3.82. The van der Waals surface area contributed by atoms with E-state index in [1.165, 1.54) is 0 Å². The van der Waals surface area contributed by atoms with E-state index in [0.29, 0.717) is 29.7 Å². The Balaban J connectivity index is 1.65. The number of rotatable bonds is 4. The summed E-state index contributed by atoms with van der Waals surface area (Å²) in [5, 5.41) is 6.32. The maximum atomic E-state index is 13.6. The third kappa shape index (κ3) is 3.56. The van der Waals surface area contributed by atoms with Crippen molar-refractivity contribution in [2.75, 3.05) is 0 Å². The molecule has 152 valence electrons. The van der Waals surface area contributed by atoms with Gasteiger partial charge in [0, 0.05) is 18.8 Å². The zero-order chi connectivity index (χ0) is 20.3. The van der Waals surface area contributed by atoms with Crippen molar-refractivity contribution in [1.82, 2.24) is 19.9 Å². The minimum atomic E-state index is -4.54. The van der Waals surface area contributed by atoms with Crippen molar-refractivity contribution in [3.8, 4) is 0 Å². The van der Waals surface area contributed by atoms with Gasteiger partial charge in [0.25, 0.3) is 5.91 Å². The number of amides is 1. The van der Waals surface area contributed by atoms with Crippen molar-refractivity contribution < 1.29 is 26.7 Å². The lowest BCUT2D eigenvalue weighted by molar-refractivity contribution is -0.158. The fourth-order valence-corrected chi connectivity index (χ4v) is 3.82. The van der Waals surface area contributed by atoms with Crippen LogP contribution in [0.25, 0.3) is 5.65 Å².